The van der Waals surface area contributed by atoms with Crippen LogP contribution in [0.15, 0.2) is 28.7 Å². The van der Waals surface area contributed by atoms with Crippen LogP contribution in [0.2, 0.25) is 0 Å². The van der Waals surface area contributed by atoms with Crippen molar-refractivity contribution < 1.29 is 0 Å². The van der Waals surface area contributed by atoms with Crippen LogP contribution in [-0.2, 0) is 0 Å². The molecule has 0 aliphatic heterocycles. The molecule has 0 amide bonds. The number of rotatable bonds is 2. The van der Waals surface area contributed by atoms with E-state index in [4.69, 9.17) is 0 Å². The molecule has 3 nitrogen and oxygen atoms in total. The number of thioether (sulfide) groups is 1. The zero-order valence-corrected chi connectivity index (χ0v) is 12.1. The minimum Gasteiger partial charge on any atom is -0.217 e. The number of hydrogen-bond acceptors (Lipinski definition) is 4. The summed E-state index contributed by atoms with van der Waals surface area (Å²) >= 11 is 3.28. The molecule has 0 aliphatic rings. The molecular formula is C13H13N3S2. The first-order valence-corrected chi connectivity index (χ1v) is 7.69. The fraction of sp³-hybridized carbons (Fsp3) is 0.231. The zero-order valence-electron chi connectivity index (χ0n) is 10.5. The van der Waals surface area contributed by atoms with Gasteiger partial charge in [0.2, 0.25) is 4.96 Å². The van der Waals surface area contributed by atoms with Crippen molar-refractivity contribution in [1.29, 1.82) is 0 Å². The van der Waals surface area contributed by atoms with E-state index in [0.717, 1.165) is 15.0 Å². The second-order valence-electron chi connectivity index (χ2n) is 4.24. The number of imidazole rings is 1. The number of nitrogens with zero attached hydrogens (tertiary/aromatic N) is 3. The molecular weight excluding hydrogens is 262 g/mol. The summed E-state index contributed by atoms with van der Waals surface area (Å²) in [5.41, 5.74) is 4.72. The maximum atomic E-state index is 4.65. The van der Waals surface area contributed by atoms with Crippen LogP contribution in [0.5, 0.6) is 0 Å². The Morgan fingerprint density at radius 2 is 2.11 bits per heavy atom. The van der Waals surface area contributed by atoms with E-state index in [2.05, 4.69) is 42.1 Å². The Morgan fingerprint density at radius 1 is 1.28 bits per heavy atom. The van der Waals surface area contributed by atoms with Crippen LogP contribution in [0.25, 0.3) is 16.2 Å². The summed E-state index contributed by atoms with van der Waals surface area (Å²) in [6.45, 7) is 4.23. The van der Waals surface area contributed by atoms with Gasteiger partial charge in [-0.25, -0.2) is 9.50 Å². The third-order valence-corrected chi connectivity index (χ3v) is 4.76. The number of benzene rings is 1. The zero-order chi connectivity index (χ0) is 12.7. The molecule has 18 heavy (non-hydrogen) atoms. The Hall–Kier alpha value is -1.33. The highest BCUT2D eigenvalue weighted by Gasteiger charge is 2.10. The standard InChI is InChI=1S/C13H13N3S2/c1-8-4-5-10(9(2)6-8)11-7-16-12(14-11)18-13(15-16)17-3/h4-7H,1-3H3. The van der Waals surface area contributed by atoms with Crippen molar-refractivity contribution >= 4 is 28.1 Å². The summed E-state index contributed by atoms with van der Waals surface area (Å²) in [5.74, 6) is 0. The quantitative estimate of drug-likeness (QED) is 0.666. The molecule has 2 heterocycles. The van der Waals surface area contributed by atoms with Gasteiger partial charge in [-0.15, -0.1) is 5.10 Å². The highest BCUT2D eigenvalue weighted by atomic mass is 32.2. The lowest BCUT2D eigenvalue weighted by molar-refractivity contribution is 0.916. The van der Waals surface area contributed by atoms with Gasteiger partial charge in [-0.2, -0.15) is 0 Å². The van der Waals surface area contributed by atoms with Crippen LogP contribution in [-0.4, -0.2) is 20.9 Å². The summed E-state index contributed by atoms with van der Waals surface area (Å²) in [6.07, 6.45) is 4.03. The van der Waals surface area contributed by atoms with Crippen LogP contribution < -0.4 is 0 Å². The highest BCUT2D eigenvalue weighted by molar-refractivity contribution is 8.00. The largest absolute Gasteiger partial charge is 0.217 e. The molecule has 0 radical (unpaired) electrons. The maximum Gasteiger partial charge on any atom is 0.213 e. The number of hydrogen-bond donors (Lipinski definition) is 0. The van der Waals surface area contributed by atoms with Crippen molar-refractivity contribution in [2.24, 2.45) is 0 Å². The predicted molar refractivity (Wildman–Crippen MR) is 77.6 cm³/mol. The maximum absolute atomic E-state index is 4.65. The van der Waals surface area contributed by atoms with Crippen LogP contribution in [0, 0.1) is 13.8 Å². The lowest BCUT2D eigenvalue weighted by Gasteiger charge is -2.02. The van der Waals surface area contributed by atoms with E-state index >= 15 is 0 Å². The first-order chi connectivity index (χ1) is 8.67. The molecule has 0 saturated heterocycles. The molecule has 2 aromatic heterocycles. The normalized spacial score (nSPS) is 11.3. The SMILES string of the molecule is CSc1nn2cc(-c3ccc(C)cc3C)nc2s1. The minimum atomic E-state index is 0.953. The van der Waals surface area contributed by atoms with Crippen LogP contribution in [0.3, 0.4) is 0 Å². The van der Waals surface area contributed by atoms with E-state index in [1.54, 1.807) is 23.1 Å². The summed E-state index contributed by atoms with van der Waals surface area (Å²) in [7, 11) is 0. The Morgan fingerprint density at radius 3 is 2.78 bits per heavy atom. The van der Waals surface area contributed by atoms with E-state index in [0.29, 0.717) is 0 Å². The summed E-state index contributed by atoms with van der Waals surface area (Å²) in [4.78, 5) is 5.60. The van der Waals surface area contributed by atoms with Gasteiger partial charge in [0.05, 0.1) is 11.9 Å². The summed E-state index contributed by atoms with van der Waals surface area (Å²) < 4.78 is 2.91. The molecule has 0 N–H and O–H groups in total. The lowest BCUT2D eigenvalue weighted by atomic mass is 10.0. The Bertz CT molecular complexity index is 681. The molecule has 0 aliphatic carbocycles. The highest BCUT2D eigenvalue weighted by Crippen LogP contribution is 2.27. The second kappa shape index (κ2) is 4.40. The topological polar surface area (TPSA) is 30.2 Å². The van der Waals surface area contributed by atoms with Gasteiger partial charge in [0.25, 0.3) is 0 Å². The molecule has 5 heteroatoms. The molecule has 0 spiro atoms. The fourth-order valence-corrected chi connectivity index (χ4v) is 3.34. The van der Waals surface area contributed by atoms with Gasteiger partial charge in [-0.1, -0.05) is 46.9 Å². The van der Waals surface area contributed by atoms with E-state index in [-0.39, 0.29) is 0 Å². The molecule has 3 rings (SSSR count). The molecule has 3 aromatic rings. The molecule has 0 unspecified atom stereocenters. The van der Waals surface area contributed by atoms with Crippen molar-refractivity contribution in [3.8, 4) is 11.3 Å². The Labute approximate surface area is 114 Å². The van der Waals surface area contributed by atoms with Gasteiger partial charge in [0.1, 0.15) is 0 Å². The monoisotopic (exact) mass is 275 g/mol. The summed E-state index contributed by atoms with van der Waals surface area (Å²) in [6, 6.07) is 6.44. The first kappa shape index (κ1) is 11.7. The van der Waals surface area contributed by atoms with Crippen LogP contribution >= 0.6 is 23.1 Å². The minimum absolute atomic E-state index is 0.953. The van der Waals surface area contributed by atoms with Crippen molar-refractivity contribution in [3.05, 3.63) is 35.5 Å². The number of fused-ring (bicyclic) bond motifs is 1. The molecule has 0 fully saturated rings. The van der Waals surface area contributed by atoms with Gasteiger partial charge in [-0.05, 0) is 25.7 Å². The molecule has 0 saturated carbocycles. The number of aryl methyl sites for hydroxylation is 2. The van der Waals surface area contributed by atoms with E-state index < -0.39 is 0 Å². The van der Waals surface area contributed by atoms with Gasteiger partial charge in [0, 0.05) is 5.56 Å². The van der Waals surface area contributed by atoms with Gasteiger partial charge in [-0.3, -0.25) is 0 Å². The predicted octanol–water partition coefficient (Wildman–Crippen LogP) is 3.80. The molecule has 1 aromatic carbocycles. The second-order valence-corrected chi connectivity index (χ2v) is 6.25. The van der Waals surface area contributed by atoms with Crippen molar-refractivity contribution in [3.63, 3.8) is 0 Å². The van der Waals surface area contributed by atoms with E-state index in [1.807, 2.05) is 17.0 Å². The molecule has 0 bridgehead atoms. The van der Waals surface area contributed by atoms with Gasteiger partial charge >= 0.3 is 0 Å². The Balaban J connectivity index is 2.10. The van der Waals surface area contributed by atoms with Gasteiger partial charge in [0.15, 0.2) is 4.34 Å². The average molecular weight is 275 g/mol. The molecule has 92 valence electrons. The van der Waals surface area contributed by atoms with Gasteiger partial charge < -0.3 is 0 Å². The van der Waals surface area contributed by atoms with Crippen molar-refractivity contribution in [2.75, 3.05) is 6.26 Å². The smallest absolute Gasteiger partial charge is 0.213 e. The van der Waals surface area contributed by atoms with E-state index in [1.165, 1.54) is 16.7 Å². The van der Waals surface area contributed by atoms with Crippen molar-refractivity contribution in [1.82, 2.24) is 14.6 Å². The average Bonchev–Trinajstić information content (AvgIpc) is 2.86. The van der Waals surface area contributed by atoms with Crippen LogP contribution in [0.4, 0.5) is 0 Å². The summed E-state index contributed by atoms with van der Waals surface area (Å²) in [5, 5.41) is 4.46. The Kier molecular flexibility index (Phi) is 2.87. The lowest BCUT2D eigenvalue weighted by Crippen LogP contribution is -1.85. The number of aromatic nitrogens is 3. The van der Waals surface area contributed by atoms with E-state index in [9.17, 15) is 0 Å². The third kappa shape index (κ3) is 1.93. The van der Waals surface area contributed by atoms with Crippen LogP contribution in [0.1, 0.15) is 11.1 Å². The third-order valence-electron chi connectivity index (χ3n) is 2.86. The fourth-order valence-electron chi connectivity index (χ4n) is 2.00. The molecule has 0 atom stereocenters. The van der Waals surface area contributed by atoms with Crippen molar-refractivity contribution in [2.45, 2.75) is 18.2 Å². The first-order valence-electron chi connectivity index (χ1n) is 5.65.